The molecule has 2 atom stereocenters. The van der Waals surface area contributed by atoms with Gasteiger partial charge >= 0.3 is 5.97 Å². The standard InChI is InChI=1S/C14H19NO3/c1-2-10-4-3-5-11(8-10)18-9-13-12(14(16)17)6-7-15-13/h3-5,8,12-13,15H,2,6-7,9H2,1H3,(H,16,17). The number of benzene rings is 1. The van der Waals surface area contributed by atoms with Crippen molar-refractivity contribution in [3.63, 3.8) is 0 Å². The fourth-order valence-corrected chi connectivity index (χ4v) is 2.28. The molecule has 0 saturated carbocycles. The van der Waals surface area contributed by atoms with Crippen molar-refractivity contribution in [2.45, 2.75) is 25.8 Å². The number of ether oxygens (including phenoxy) is 1. The van der Waals surface area contributed by atoms with Crippen molar-refractivity contribution < 1.29 is 14.6 Å². The summed E-state index contributed by atoms with van der Waals surface area (Å²) in [5.41, 5.74) is 1.22. The van der Waals surface area contributed by atoms with Crippen LogP contribution in [-0.2, 0) is 11.2 Å². The molecule has 0 spiro atoms. The van der Waals surface area contributed by atoms with Crippen LogP contribution in [-0.4, -0.2) is 30.3 Å². The number of hydrogen-bond donors (Lipinski definition) is 2. The molecular formula is C14H19NO3. The molecule has 4 nitrogen and oxygen atoms in total. The Kier molecular flexibility index (Phi) is 4.20. The van der Waals surface area contributed by atoms with Gasteiger partial charge in [0.25, 0.3) is 0 Å². The number of carboxylic acid groups (broad SMARTS) is 1. The zero-order valence-electron chi connectivity index (χ0n) is 10.6. The van der Waals surface area contributed by atoms with Crippen LogP contribution in [0.25, 0.3) is 0 Å². The number of nitrogens with one attached hydrogen (secondary N) is 1. The van der Waals surface area contributed by atoms with E-state index < -0.39 is 5.97 Å². The van der Waals surface area contributed by atoms with Crippen LogP contribution in [0.4, 0.5) is 0 Å². The molecule has 1 aromatic rings. The van der Waals surface area contributed by atoms with Gasteiger partial charge in [-0.25, -0.2) is 0 Å². The summed E-state index contributed by atoms with van der Waals surface area (Å²) >= 11 is 0. The van der Waals surface area contributed by atoms with Gasteiger partial charge in [-0.3, -0.25) is 4.79 Å². The number of carbonyl (C=O) groups is 1. The molecule has 0 aliphatic carbocycles. The molecule has 1 saturated heterocycles. The quantitative estimate of drug-likeness (QED) is 0.833. The average molecular weight is 249 g/mol. The molecular weight excluding hydrogens is 230 g/mol. The topological polar surface area (TPSA) is 58.6 Å². The highest BCUT2D eigenvalue weighted by molar-refractivity contribution is 5.71. The molecule has 1 aromatic carbocycles. The summed E-state index contributed by atoms with van der Waals surface area (Å²) in [5.74, 6) is -0.262. The van der Waals surface area contributed by atoms with E-state index in [0.717, 1.165) is 18.7 Å². The molecule has 1 aliphatic rings. The van der Waals surface area contributed by atoms with Crippen molar-refractivity contribution in [3.8, 4) is 5.75 Å². The minimum atomic E-state index is -0.740. The van der Waals surface area contributed by atoms with Crippen LogP contribution < -0.4 is 10.1 Å². The van der Waals surface area contributed by atoms with E-state index in [0.29, 0.717) is 13.0 Å². The number of carboxylic acids is 1. The van der Waals surface area contributed by atoms with Gasteiger partial charge in [0.15, 0.2) is 0 Å². The summed E-state index contributed by atoms with van der Waals surface area (Å²) in [6.45, 7) is 3.25. The van der Waals surface area contributed by atoms with Crippen molar-refractivity contribution in [2.24, 2.45) is 5.92 Å². The Bertz CT molecular complexity index is 419. The van der Waals surface area contributed by atoms with Gasteiger partial charge in [-0.2, -0.15) is 0 Å². The van der Waals surface area contributed by atoms with Crippen LogP contribution in [0.1, 0.15) is 18.9 Å². The monoisotopic (exact) mass is 249 g/mol. The Morgan fingerprint density at radius 1 is 1.56 bits per heavy atom. The smallest absolute Gasteiger partial charge is 0.308 e. The van der Waals surface area contributed by atoms with E-state index in [1.54, 1.807) is 0 Å². The summed E-state index contributed by atoms with van der Waals surface area (Å²) in [6.07, 6.45) is 1.65. The van der Waals surface area contributed by atoms with Crippen molar-refractivity contribution in [1.29, 1.82) is 0 Å². The lowest BCUT2D eigenvalue weighted by Gasteiger charge is -2.17. The second-order valence-electron chi connectivity index (χ2n) is 4.61. The molecule has 18 heavy (non-hydrogen) atoms. The normalized spacial score (nSPS) is 22.9. The molecule has 1 heterocycles. The molecule has 2 unspecified atom stereocenters. The maximum Gasteiger partial charge on any atom is 0.308 e. The molecule has 1 fully saturated rings. The molecule has 0 bridgehead atoms. The van der Waals surface area contributed by atoms with Gasteiger partial charge in [0.2, 0.25) is 0 Å². The average Bonchev–Trinajstić information content (AvgIpc) is 2.85. The first kappa shape index (κ1) is 12.9. The first-order valence-electron chi connectivity index (χ1n) is 6.38. The van der Waals surface area contributed by atoms with Crippen molar-refractivity contribution in [1.82, 2.24) is 5.32 Å². The number of aliphatic carboxylic acids is 1. The largest absolute Gasteiger partial charge is 0.492 e. The van der Waals surface area contributed by atoms with E-state index >= 15 is 0 Å². The van der Waals surface area contributed by atoms with E-state index in [-0.39, 0.29) is 12.0 Å². The molecule has 1 aliphatic heterocycles. The summed E-state index contributed by atoms with van der Waals surface area (Å²) in [4.78, 5) is 11.0. The van der Waals surface area contributed by atoms with Gasteiger partial charge in [0, 0.05) is 0 Å². The number of hydrogen-bond acceptors (Lipinski definition) is 3. The van der Waals surface area contributed by atoms with Gasteiger partial charge < -0.3 is 15.2 Å². The SMILES string of the molecule is CCc1cccc(OCC2NCCC2C(=O)O)c1. The lowest BCUT2D eigenvalue weighted by Crippen LogP contribution is -2.36. The predicted molar refractivity (Wildman–Crippen MR) is 68.8 cm³/mol. The van der Waals surface area contributed by atoms with Gasteiger partial charge in [-0.1, -0.05) is 19.1 Å². The van der Waals surface area contributed by atoms with E-state index in [2.05, 4.69) is 18.3 Å². The predicted octanol–water partition coefficient (Wildman–Crippen LogP) is 1.69. The molecule has 98 valence electrons. The second kappa shape index (κ2) is 5.87. The summed E-state index contributed by atoms with van der Waals surface area (Å²) in [6, 6.07) is 7.84. The van der Waals surface area contributed by atoms with E-state index in [1.165, 1.54) is 5.56 Å². The highest BCUT2D eigenvalue weighted by Crippen LogP contribution is 2.19. The fourth-order valence-electron chi connectivity index (χ4n) is 2.28. The fraction of sp³-hybridized carbons (Fsp3) is 0.500. The Balaban J connectivity index is 1.92. The molecule has 0 aromatic heterocycles. The highest BCUT2D eigenvalue weighted by Gasteiger charge is 2.32. The highest BCUT2D eigenvalue weighted by atomic mass is 16.5. The van der Waals surface area contributed by atoms with Crippen LogP contribution in [0.5, 0.6) is 5.75 Å². The van der Waals surface area contributed by atoms with Gasteiger partial charge in [0.05, 0.1) is 12.0 Å². The Morgan fingerprint density at radius 3 is 3.11 bits per heavy atom. The zero-order valence-corrected chi connectivity index (χ0v) is 10.6. The maximum absolute atomic E-state index is 11.0. The van der Waals surface area contributed by atoms with Crippen LogP contribution >= 0.6 is 0 Å². The lowest BCUT2D eigenvalue weighted by atomic mass is 10.0. The molecule has 0 amide bonds. The summed E-state index contributed by atoms with van der Waals surface area (Å²) in [7, 11) is 0. The minimum Gasteiger partial charge on any atom is -0.492 e. The summed E-state index contributed by atoms with van der Waals surface area (Å²) < 4.78 is 5.69. The first-order valence-corrected chi connectivity index (χ1v) is 6.38. The third-order valence-corrected chi connectivity index (χ3v) is 3.40. The van der Waals surface area contributed by atoms with Crippen LogP contribution in [0.15, 0.2) is 24.3 Å². The number of rotatable bonds is 5. The molecule has 2 rings (SSSR count). The Hall–Kier alpha value is -1.55. The van der Waals surface area contributed by atoms with Crippen molar-refractivity contribution >= 4 is 5.97 Å². The lowest BCUT2D eigenvalue weighted by molar-refractivity contribution is -0.142. The van der Waals surface area contributed by atoms with Gasteiger partial charge in [-0.15, -0.1) is 0 Å². The van der Waals surface area contributed by atoms with Crippen LogP contribution in [0, 0.1) is 5.92 Å². The van der Waals surface area contributed by atoms with Crippen LogP contribution in [0.3, 0.4) is 0 Å². The Labute approximate surface area is 107 Å². The minimum absolute atomic E-state index is 0.0900. The first-order chi connectivity index (χ1) is 8.70. The molecule has 4 heteroatoms. The third kappa shape index (κ3) is 3.01. The van der Waals surface area contributed by atoms with Crippen LogP contribution in [0.2, 0.25) is 0 Å². The van der Waals surface area contributed by atoms with E-state index in [4.69, 9.17) is 9.84 Å². The van der Waals surface area contributed by atoms with Crippen molar-refractivity contribution in [3.05, 3.63) is 29.8 Å². The Morgan fingerprint density at radius 2 is 2.39 bits per heavy atom. The second-order valence-corrected chi connectivity index (χ2v) is 4.61. The third-order valence-electron chi connectivity index (χ3n) is 3.40. The molecule has 0 radical (unpaired) electrons. The van der Waals surface area contributed by atoms with Gasteiger partial charge in [0.1, 0.15) is 12.4 Å². The maximum atomic E-state index is 11.0. The van der Waals surface area contributed by atoms with E-state index in [1.807, 2.05) is 18.2 Å². The number of aryl methyl sites for hydroxylation is 1. The zero-order chi connectivity index (χ0) is 13.0. The molecule has 2 N–H and O–H groups in total. The summed E-state index contributed by atoms with van der Waals surface area (Å²) in [5, 5.41) is 12.2. The van der Waals surface area contributed by atoms with Gasteiger partial charge in [-0.05, 0) is 37.1 Å². The van der Waals surface area contributed by atoms with Crippen molar-refractivity contribution in [2.75, 3.05) is 13.2 Å². The van der Waals surface area contributed by atoms with E-state index in [9.17, 15) is 4.79 Å².